The summed E-state index contributed by atoms with van der Waals surface area (Å²) in [7, 11) is 0. The van der Waals surface area contributed by atoms with Gasteiger partial charge in [-0.15, -0.1) is 11.3 Å². The molecule has 110 valence electrons. The van der Waals surface area contributed by atoms with Crippen LogP contribution in [0.4, 0.5) is 0 Å². The minimum atomic E-state index is -0.734. The Morgan fingerprint density at radius 3 is 2.70 bits per heavy atom. The Hall–Kier alpha value is -1.13. The van der Waals surface area contributed by atoms with Crippen molar-refractivity contribution in [1.29, 1.82) is 0 Å². The van der Waals surface area contributed by atoms with Crippen molar-refractivity contribution >= 4 is 23.3 Å². The summed E-state index contributed by atoms with van der Waals surface area (Å²) in [5.74, 6) is -0.142. The third-order valence-corrected chi connectivity index (χ3v) is 4.91. The van der Waals surface area contributed by atoms with E-state index in [0.717, 1.165) is 30.6 Å². The first-order chi connectivity index (χ1) is 9.39. The van der Waals surface area contributed by atoms with E-state index in [1.165, 1.54) is 6.08 Å². The van der Waals surface area contributed by atoms with Crippen LogP contribution < -0.4 is 5.32 Å². The van der Waals surface area contributed by atoms with E-state index in [1.54, 1.807) is 17.4 Å². The van der Waals surface area contributed by atoms with Crippen LogP contribution >= 0.6 is 11.3 Å². The highest BCUT2D eigenvalue weighted by Crippen LogP contribution is 2.39. The van der Waals surface area contributed by atoms with Gasteiger partial charge < -0.3 is 10.4 Å². The molecule has 0 spiro atoms. The van der Waals surface area contributed by atoms with Crippen molar-refractivity contribution in [3.8, 4) is 0 Å². The molecule has 20 heavy (non-hydrogen) atoms. The second-order valence-corrected chi connectivity index (χ2v) is 7.43. The van der Waals surface area contributed by atoms with Crippen LogP contribution in [0.1, 0.15) is 44.4 Å². The van der Waals surface area contributed by atoms with Gasteiger partial charge in [-0.1, -0.05) is 19.9 Å². The molecule has 1 saturated carbocycles. The van der Waals surface area contributed by atoms with Crippen LogP contribution in [0.2, 0.25) is 0 Å². The molecule has 0 aromatic carbocycles. The van der Waals surface area contributed by atoms with Gasteiger partial charge in [0.25, 0.3) is 0 Å². The molecule has 1 fully saturated rings. The lowest BCUT2D eigenvalue weighted by Gasteiger charge is -2.40. The van der Waals surface area contributed by atoms with Crippen molar-refractivity contribution in [2.24, 2.45) is 5.41 Å². The van der Waals surface area contributed by atoms with Crippen LogP contribution in [0.5, 0.6) is 0 Å². The van der Waals surface area contributed by atoms with E-state index >= 15 is 0 Å². The van der Waals surface area contributed by atoms with Gasteiger partial charge >= 0.3 is 0 Å². The average Bonchev–Trinajstić information content (AvgIpc) is 2.92. The van der Waals surface area contributed by atoms with E-state index in [4.69, 9.17) is 0 Å². The molecular weight excluding hydrogens is 270 g/mol. The molecule has 1 aliphatic rings. The standard InChI is InChI=1S/C16H23NO2S/c1-15(2)7-9-16(19,10-8-15)12-17-14(18)6-5-13-4-3-11-20-13/h3-6,11,19H,7-10,12H2,1-2H3,(H,17,18). The summed E-state index contributed by atoms with van der Waals surface area (Å²) in [6, 6.07) is 3.92. The Morgan fingerprint density at radius 1 is 1.40 bits per heavy atom. The fraction of sp³-hybridized carbons (Fsp3) is 0.562. The highest BCUT2D eigenvalue weighted by atomic mass is 32.1. The zero-order chi connectivity index (χ0) is 14.6. The molecular formula is C16H23NO2S. The smallest absolute Gasteiger partial charge is 0.244 e. The first-order valence-corrected chi connectivity index (χ1v) is 7.98. The Bertz CT molecular complexity index is 467. The third kappa shape index (κ3) is 4.46. The maximum absolute atomic E-state index is 11.7. The van der Waals surface area contributed by atoms with Gasteiger partial charge in [0.05, 0.1) is 5.60 Å². The zero-order valence-corrected chi connectivity index (χ0v) is 13.0. The van der Waals surface area contributed by atoms with Gasteiger partial charge in [-0.2, -0.15) is 0 Å². The van der Waals surface area contributed by atoms with E-state index in [9.17, 15) is 9.90 Å². The predicted molar refractivity (Wildman–Crippen MR) is 83.6 cm³/mol. The number of amides is 1. The van der Waals surface area contributed by atoms with Gasteiger partial charge in [0.15, 0.2) is 0 Å². The lowest BCUT2D eigenvalue weighted by molar-refractivity contribution is -0.118. The number of carbonyl (C=O) groups is 1. The number of rotatable bonds is 4. The number of carbonyl (C=O) groups excluding carboxylic acids is 1. The Labute approximate surface area is 124 Å². The van der Waals surface area contributed by atoms with Gasteiger partial charge in [-0.05, 0) is 48.6 Å². The molecule has 0 radical (unpaired) electrons. The molecule has 0 unspecified atom stereocenters. The second-order valence-electron chi connectivity index (χ2n) is 6.46. The van der Waals surface area contributed by atoms with Crippen LogP contribution in [0.3, 0.4) is 0 Å². The lowest BCUT2D eigenvalue weighted by atomic mass is 9.71. The van der Waals surface area contributed by atoms with Crippen LogP contribution in [0.25, 0.3) is 6.08 Å². The average molecular weight is 293 g/mol. The lowest BCUT2D eigenvalue weighted by Crippen LogP contribution is -2.46. The van der Waals surface area contributed by atoms with Gasteiger partial charge in [-0.25, -0.2) is 0 Å². The van der Waals surface area contributed by atoms with Crippen molar-refractivity contribution in [3.05, 3.63) is 28.5 Å². The molecule has 0 atom stereocenters. The molecule has 0 bridgehead atoms. The van der Waals surface area contributed by atoms with Gasteiger partial charge in [0.1, 0.15) is 0 Å². The van der Waals surface area contributed by atoms with Crippen LogP contribution in [-0.4, -0.2) is 23.2 Å². The molecule has 1 aromatic rings. The van der Waals surface area contributed by atoms with Crippen LogP contribution in [0.15, 0.2) is 23.6 Å². The summed E-state index contributed by atoms with van der Waals surface area (Å²) in [4.78, 5) is 12.8. The summed E-state index contributed by atoms with van der Waals surface area (Å²) in [5, 5.41) is 15.3. The van der Waals surface area contributed by atoms with E-state index in [-0.39, 0.29) is 5.91 Å². The topological polar surface area (TPSA) is 49.3 Å². The number of nitrogens with one attached hydrogen (secondary N) is 1. The molecule has 0 aliphatic heterocycles. The summed E-state index contributed by atoms with van der Waals surface area (Å²) in [6.45, 7) is 4.81. The van der Waals surface area contributed by atoms with E-state index in [1.807, 2.05) is 17.5 Å². The first kappa shape index (κ1) is 15.3. The van der Waals surface area contributed by atoms with Crippen molar-refractivity contribution < 1.29 is 9.90 Å². The van der Waals surface area contributed by atoms with Gasteiger partial charge in [0.2, 0.25) is 5.91 Å². The van der Waals surface area contributed by atoms with Crippen molar-refractivity contribution in [2.45, 2.75) is 45.1 Å². The van der Waals surface area contributed by atoms with Crippen molar-refractivity contribution in [1.82, 2.24) is 5.32 Å². The molecule has 1 heterocycles. The monoisotopic (exact) mass is 293 g/mol. The predicted octanol–water partition coefficient (Wildman–Crippen LogP) is 3.21. The molecule has 0 saturated heterocycles. The Morgan fingerprint density at radius 2 is 2.10 bits per heavy atom. The number of aliphatic hydroxyl groups is 1. The molecule has 4 heteroatoms. The Balaban J connectivity index is 1.78. The van der Waals surface area contributed by atoms with Crippen molar-refractivity contribution in [3.63, 3.8) is 0 Å². The van der Waals surface area contributed by atoms with E-state index in [2.05, 4.69) is 19.2 Å². The minimum absolute atomic E-state index is 0.142. The molecule has 1 aromatic heterocycles. The minimum Gasteiger partial charge on any atom is -0.388 e. The Kier molecular flexibility index (Phi) is 4.66. The fourth-order valence-corrected chi connectivity index (χ4v) is 3.04. The number of hydrogen-bond donors (Lipinski definition) is 2. The maximum Gasteiger partial charge on any atom is 0.244 e. The number of hydrogen-bond acceptors (Lipinski definition) is 3. The van der Waals surface area contributed by atoms with Crippen LogP contribution in [-0.2, 0) is 4.79 Å². The fourth-order valence-electron chi connectivity index (χ4n) is 2.42. The van der Waals surface area contributed by atoms with Gasteiger partial charge in [-0.3, -0.25) is 4.79 Å². The largest absolute Gasteiger partial charge is 0.388 e. The quantitative estimate of drug-likeness (QED) is 0.838. The van der Waals surface area contributed by atoms with Crippen LogP contribution in [0, 0.1) is 5.41 Å². The third-order valence-electron chi connectivity index (χ3n) is 4.07. The summed E-state index contributed by atoms with van der Waals surface area (Å²) in [6.07, 6.45) is 6.86. The highest BCUT2D eigenvalue weighted by molar-refractivity contribution is 7.10. The second kappa shape index (κ2) is 6.10. The SMILES string of the molecule is CC1(C)CCC(O)(CNC(=O)C=Cc2cccs2)CC1. The molecule has 1 aliphatic carbocycles. The molecule has 1 amide bonds. The normalized spacial score (nSPS) is 20.9. The maximum atomic E-state index is 11.7. The highest BCUT2D eigenvalue weighted by Gasteiger charge is 2.36. The summed E-state index contributed by atoms with van der Waals surface area (Å²) >= 11 is 1.59. The van der Waals surface area contributed by atoms with E-state index < -0.39 is 5.60 Å². The summed E-state index contributed by atoms with van der Waals surface area (Å²) in [5.41, 5.74) is -0.419. The molecule has 2 N–H and O–H groups in total. The summed E-state index contributed by atoms with van der Waals surface area (Å²) < 4.78 is 0. The number of thiophene rings is 1. The first-order valence-electron chi connectivity index (χ1n) is 7.10. The zero-order valence-electron chi connectivity index (χ0n) is 12.2. The van der Waals surface area contributed by atoms with Gasteiger partial charge in [0, 0.05) is 17.5 Å². The van der Waals surface area contributed by atoms with Crippen molar-refractivity contribution in [2.75, 3.05) is 6.54 Å². The molecule has 2 rings (SSSR count). The van der Waals surface area contributed by atoms with E-state index in [0.29, 0.717) is 12.0 Å². The molecule has 3 nitrogen and oxygen atoms in total.